The molecule has 3 aromatic rings. The van der Waals surface area contributed by atoms with Crippen LogP contribution in [0.25, 0.3) is 10.8 Å². The Bertz CT molecular complexity index is 1020. The van der Waals surface area contributed by atoms with Crippen molar-refractivity contribution in [3.63, 3.8) is 0 Å². The molecule has 0 saturated heterocycles. The van der Waals surface area contributed by atoms with Crippen LogP contribution in [-0.4, -0.2) is 11.8 Å². The second kappa shape index (κ2) is 7.53. The van der Waals surface area contributed by atoms with Gasteiger partial charge in [0.15, 0.2) is 0 Å². The van der Waals surface area contributed by atoms with Crippen LogP contribution in [0.4, 0.5) is 5.00 Å². The second-order valence-electron chi connectivity index (χ2n) is 6.97. The van der Waals surface area contributed by atoms with Crippen molar-refractivity contribution in [2.45, 2.75) is 38.5 Å². The number of amides is 2. The Morgan fingerprint density at radius 2 is 1.67 bits per heavy atom. The summed E-state index contributed by atoms with van der Waals surface area (Å²) in [5, 5.41) is 5.48. The van der Waals surface area contributed by atoms with E-state index >= 15 is 0 Å². The maximum Gasteiger partial charge on any atom is 0.256 e. The van der Waals surface area contributed by atoms with Gasteiger partial charge in [0.2, 0.25) is 0 Å². The van der Waals surface area contributed by atoms with Crippen molar-refractivity contribution in [3.05, 3.63) is 64.0 Å². The summed E-state index contributed by atoms with van der Waals surface area (Å²) in [4.78, 5) is 26.3. The molecule has 0 bridgehead atoms. The fourth-order valence-corrected chi connectivity index (χ4v) is 5.15. The molecule has 27 heavy (non-hydrogen) atoms. The zero-order valence-electron chi connectivity index (χ0n) is 15.1. The summed E-state index contributed by atoms with van der Waals surface area (Å²) in [5.74, 6) is -0.662. The van der Waals surface area contributed by atoms with Crippen molar-refractivity contribution in [1.29, 1.82) is 0 Å². The number of primary amides is 1. The first-order valence-corrected chi connectivity index (χ1v) is 10.2. The highest BCUT2D eigenvalue weighted by molar-refractivity contribution is 7.17. The lowest BCUT2D eigenvalue weighted by molar-refractivity contribution is 0.100. The molecular formula is C22H22N2O2S. The normalized spacial score (nSPS) is 14.2. The molecule has 0 unspecified atom stereocenters. The van der Waals surface area contributed by atoms with Crippen molar-refractivity contribution in [3.8, 4) is 0 Å². The highest BCUT2D eigenvalue weighted by Gasteiger charge is 2.24. The molecule has 2 aromatic carbocycles. The molecule has 0 aliphatic heterocycles. The number of nitrogens with one attached hydrogen (secondary N) is 1. The third-order valence-corrected chi connectivity index (χ3v) is 6.39. The average Bonchev–Trinajstić information content (AvgIpc) is 2.97. The van der Waals surface area contributed by atoms with E-state index in [1.54, 1.807) is 0 Å². The second-order valence-corrected chi connectivity index (χ2v) is 8.07. The Morgan fingerprint density at radius 1 is 0.926 bits per heavy atom. The fourth-order valence-electron chi connectivity index (χ4n) is 3.86. The molecular weight excluding hydrogens is 356 g/mol. The molecule has 2 amide bonds. The molecule has 1 aliphatic carbocycles. The average molecular weight is 378 g/mol. The zero-order valence-corrected chi connectivity index (χ0v) is 15.9. The first-order chi connectivity index (χ1) is 13.1. The van der Waals surface area contributed by atoms with Crippen molar-refractivity contribution in [2.24, 2.45) is 5.73 Å². The molecule has 4 nitrogen and oxygen atoms in total. The van der Waals surface area contributed by atoms with E-state index in [9.17, 15) is 9.59 Å². The van der Waals surface area contributed by atoms with Crippen LogP contribution in [0.1, 0.15) is 56.8 Å². The Balaban J connectivity index is 1.72. The lowest BCUT2D eigenvalue weighted by Gasteiger charge is -2.10. The van der Waals surface area contributed by atoms with Gasteiger partial charge < -0.3 is 11.1 Å². The van der Waals surface area contributed by atoms with Crippen LogP contribution >= 0.6 is 11.3 Å². The monoisotopic (exact) mass is 378 g/mol. The number of hydrogen-bond donors (Lipinski definition) is 2. The molecule has 0 saturated carbocycles. The van der Waals surface area contributed by atoms with E-state index in [1.165, 1.54) is 29.1 Å². The number of carbonyl (C=O) groups excluding carboxylic acids is 2. The summed E-state index contributed by atoms with van der Waals surface area (Å²) in [7, 11) is 0. The minimum Gasteiger partial charge on any atom is -0.365 e. The largest absolute Gasteiger partial charge is 0.365 e. The predicted octanol–water partition coefficient (Wildman–Crippen LogP) is 4.91. The summed E-state index contributed by atoms with van der Waals surface area (Å²) in [6, 6.07) is 13.5. The van der Waals surface area contributed by atoms with Gasteiger partial charge >= 0.3 is 0 Å². The lowest BCUT2D eigenvalue weighted by Crippen LogP contribution is -2.18. The Hall–Kier alpha value is -2.66. The zero-order chi connectivity index (χ0) is 18.8. The molecule has 4 rings (SSSR count). The summed E-state index contributed by atoms with van der Waals surface area (Å²) in [6.45, 7) is 0. The van der Waals surface area contributed by atoms with E-state index < -0.39 is 5.91 Å². The molecule has 0 spiro atoms. The highest BCUT2D eigenvalue weighted by atomic mass is 32.1. The molecule has 1 aliphatic rings. The highest BCUT2D eigenvalue weighted by Crippen LogP contribution is 2.37. The van der Waals surface area contributed by atoms with Gasteiger partial charge in [0.1, 0.15) is 5.00 Å². The van der Waals surface area contributed by atoms with Crippen LogP contribution in [0.2, 0.25) is 0 Å². The van der Waals surface area contributed by atoms with Gasteiger partial charge in [-0.2, -0.15) is 0 Å². The maximum atomic E-state index is 13.0. The standard InChI is InChI=1S/C22H22N2O2S/c23-20(25)19-17-11-3-1-2-4-13-18(17)27-22(19)24-21(26)16-12-7-9-14-8-5-6-10-15(14)16/h5-10,12H,1-4,11,13H2,(H2,23,25)(H,24,26). The SMILES string of the molecule is NC(=O)c1c(NC(=O)c2cccc3ccccc23)sc2c1CCCCCC2. The van der Waals surface area contributed by atoms with E-state index in [4.69, 9.17) is 5.73 Å². The smallest absolute Gasteiger partial charge is 0.256 e. The molecule has 1 heterocycles. The van der Waals surface area contributed by atoms with Gasteiger partial charge in [-0.25, -0.2) is 0 Å². The van der Waals surface area contributed by atoms with E-state index in [0.717, 1.165) is 42.0 Å². The van der Waals surface area contributed by atoms with Gasteiger partial charge in [0, 0.05) is 10.4 Å². The van der Waals surface area contributed by atoms with Crippen LogP contribution in [0.3, 0.4) is 0 Å². The fraction of sp³-hybridized carbons (Fsp3) is 0.273. The van der Waals surface area contributed by atoms with E-state index in [2.05, 4.69) is 5.32 Å². The third-order valence-electron chi connectivity index (χ3n) is 5.18. The van der Waals surface area contributed by atoms with Gasteiger partial charge in [-0.05, 0) is 48.1 Å². The Morgan fingerprint density at radius 3 is 2.48 bits per heavy atom. The molecule has 0 fully saturated rings. The number of hydrogen-bond acceptors (Lipinski definition) is 3. The van der Waals surface area contributed by atoms with Crippen molar-refractivity contribution >= 4 is 38.9 Å². The summed E-state index contributed by atoms with van der Waals surface area (Å²) >= 11 is 1.51. The van der Waals surface area contributed by atoms with Gasteiger partial charge in [-0.15, -0.1) is 11.3 Å². The number of fused-ring (bicyclic) bond motifs is 2. The van der Waals surface area contributed by atoms with E-state index in [-0.39, 0.29) is 5.91 Å². The molecule has 3 N–H and O–H groups in total. The van der Waals surface area contributed by atoms with E-state index in [0.29, 0.717) is 16.1 Å². The number of thiophene rings is 1. The number of carbonyl (C=O) groups is 2. The Labute approximate surface area is 162 Å². The lowest BCUT2D eigenvalue weighted by atomic mass is 9.96. The topological polar surface area (TPSA) is 72.2 Å². The van der Waals surface area contributed by atoms with Crippen molar-refractivity contribution in [1.82, 2.24) is 0 Å². The van der Waals surface area contributed by atoms with Crippen LogP contribution in [0.15, 0.2) is 42.5 Å². The minimum absolute atomic E-state index is 0.205. The van der Waals surface area contributed by atoms with Crippen LogP contribution in [-0.2, 0) is 12.8 Å². The quantitative estimate of drug-likeness (QED) is 0.679. The maximum absolute atomic E-state index is 13.0. The summed E-state index contributed by atoms with van der Waals surface area (Å²) in [5.41, 5.74) is 7.84. The van der Waals surface area contributed by atoms with Crippen LogP contribution in [0.5, 0.6) is 0 Å². The van der Waals surface area contributed by atoms with Crippen LogP contribution in [0, 0.1) is 0 Å². The minimum atomic E-state index is -0.457. The number of benzene rings is 2. The van der Waals surface area contributed by atoms with Gasteiger partial charge in [0.25, 0.3) is 11.8 Å². The molecule has 0 atom stereocenters. The predicted molar refractivity (Wildman–Crippen MR) is 111 cm³/mol. The third kappa shape index (κ3) is 3.47. The molecule has 138 valence electrons. The van der Waals surface area contributed by atoms with Crippen molar-refractivity contribution in [2.75, 3.05) is 5.32 Å². The number of rotatable bonds is 3. The molecule has 5 heteroatoms. The van der Waals surface area contributed by atoms with Gasteiger partial charge in [0.05, 0.1) is 5.56 Å². The van der Waals surface area contributed by atoms with Crippen molar-refractivity contribution < 1.29 is 9.59 Å². The summed E-state index contributed by atoms with van der Waals surface area (Å²) < 4.78 is 0. The van der Waals surface area contributed by atoms with Gasteiger partial charge in [-0.1, -0.05) is 49.2 Å². The molecule has 1 aromatic heterocycles. The first kappa shape index (κ1) is 17.7. The molecule has 0 radical (unpaired) electrons. The first-order valence-electron chi connectivity index (χ1n) is 9.38. The number of anilines is 1. The Kier molecular flexibility index (Phi) is 4.94. The van der Waals surface area contributed by atoms with Gasteiger partial charge in [-0.3, -0.25) is 9.59 Å². The number of aryl methyl sites for hydroxylation is 1. The van der Waals surface area contributed by atoms with Crippen LogP contribution < -0.4 is 11.1 Å². The number of nitrogens with two attached hydrogens (primary N) is 1. The summed E-state index contributed by atoms with van der Waals surface area (Å²) in [6.07, 6.45) is 6.36. The van der Waals surface area contributed by atoms with E-state index in [1.807, 2.05) is 42.5 Å².